The maximum absolute atomic E-state index is 13.3. The van der Waals surface area contributed by atoms with Crippen molar-refractivity contribution in [2.24, 2.45) is 0 Å². The number of hydrogen-bond donors (Lipinski definition) is 1. The Hall–Kier alpha value is -3.88. The van der Waals surface area contributed by atoms with Crippen LogP contribution in [0.1, 0.15) is 29.4 Å². The highest BCUT2D eigenvalue weighted by molar-refractivity contribution is 7.22. The van der Waals surface area contributed by atoms with E-state index in [2.05, 4.69) is 16.4 Å². The average molecular weight is 511 g/mol. The average Bonchev–Trinajstić information content (AvgIpc) is 3.53. The minimum atomic E-state index is -0.194. The van der Waals surface area contributed by atoms with Gasteiger partial charge in [0.05, 0.1) is 15.1 Å². The molecule has 6 rings (SSSR count). The molecule has 3 heterocycles. The third kappa shape index (κ3) is 4.19. The number of fused-ring (bicyclic) bond motifs is 2. The number of aryl methyl sites for hydroxylation is 1. The molecule has 1 N–H and O–H groups in total. The van der Waals surface area contributed by atoms with Crippen molar-refractivity contribution in [3.8, 4) is 21.0 Å². The first-order valence-corrected chi connectivity index (χ1v) is 13.3. The third-order valence-electron chi connectivity index (χ3n) is 6.20. The zero-order valence-corrected chi connectivity index (χ0v) is 21.2. The molecule has 2 amide bonds. The molecule has 0 radical (unpaired) electrons. The molecule has 1 aliphatic heterocycles. The molecule has 0 atom stereocenters. The Morgan fingerprint density at radius 2 is 1.72 bits per heavy atom. The number of hydrogen-bond acceptors (Lipinski definition) is 6. The predicted molar refractivity (Wildman–Crippen MR) is 147 cm³/mol. The van der Waals surface area contributed by atoms with E-state index < -0.39 is 0 Å². The first-order valence-electron chi connectivity index (χ1n) is 11.7. The van der Waals surface area contributed by atoms with E-state index in [1.165, 1.54) is 22.7 Å². The van der Waals surface area contributed by atoms with E-state index >= 15 is 0 Å². The van der Waals surface area contributed by atoms with Gasteiger partial charge >= 0.3 is 6.03 Å². The van der Waals surface area contributed by atoms with Gasteiger partial charge in [-0.15, -0.1) is 11.3 Å². The number of Topliss-reactive ketones (excluding diaryl/α,β-unsaturated/α-hetero) is 1. The molecule has 5 aromatic rings. The lowest BCUT2D eigenvalue weighted by Crippen LogP contribution is -2.38. The molecule has 36 heavy (non-hydrogen) atoms. The standard InChI is InChI=1S/C28H22N4O2S2/c1-17(33)24-25(19-8-3-2-4-9-19)36-26(30-24)20-14-13-18-10-7-15-32(22(18)16-20)28(34)31-27-29-21-11-5-6-12-23(21)35-27/h2-6,8-9,11-14,16H,7,10,15H2,1H3,(H,29,31,34). The van der Waals surface area contributed by atoms with Crippen LogP contribution in [0, 0.1) is 0 Å². The lowest BCUT2D eigenvalue weighted by Gasteiger charge is -2.29. The molecule has 0 saturated carbocycles. The van der Waals surface area contributed by atoms with Crippen molar-refractivity contribution in [3.05, 3.63) is 84.1 Å². The number of nitrogens with one attached hydrogen (secondary N) is 1. The molecule has 3 aromatic carbocycles. The number of thiazole rings is 2. The molecule has 0 bridgehead atoms. The largest absolute Gasteiger partial charge is 0.328 e. The molecule has 1 aliphatic rings. The van der Waals surface area contributed by atoms with Crippen LogP contribution in [0.4, 0.5) is 15.6 Å². The van der Waals surface area contributed by atoms with Gasteiger partial charge in [-0.3, -0.25) is 15.0 Å². The molecule has 178 valence electrons. The first-order chi connectivity index (χ1) is 17.6. The molecule has 0 fully saturated rings. The number of rotatable bonds is 4. The van der Waals surface area contributed by atoms with Crippen LogP contribution in [0.3, 0.4) is 0 Å². The normalized spacial score (nSPS) is 13.0. The summed E-state index contributed by atoms with van der Waals surface area (Å²) in [6.45, 7) is 2.17. The van der Waals surface area contributed by atoms with Crippen LogP contribution in [0.15, 0.2) is 72.8 Å². The van der Waals surface area contributed by atoms with Gasteiger partial charge in [-0.1, -0.05) is 65.9 Å². The second-order valence-electron chi connectivity index (χ2n) is 8.63. The van der Waals surface area contributed by atoms with Crippen molar-refractivity contribution in [3.63, 3.8) is 0 Å². The first kappa shape index (κ1) is 22.6. The second kappa shape index (κ2) is 9.29. The minimum Gasteiger partial charge on any atom is -0.294 e. The number of benzene rings is 3. The van der Waals surface area contributed by atoms with Gasteiger partial charge in [0, 0.05) is 24.7 Å². The molecule has 0 spiro atoms. The Bertz CT molecular complexity index is 1570. The maximum atomic E-state index is 13.3. The Balaban J connectivity index is 1.34. The minimum absolute atomic E-state index is 0.0637. The lowest BCUT2D eigenvalue weighted by molar-refractivity contribution is 0.101. The Morgan fingerprint density at radius 1 is 0.917 bits per heavy atom. The van der Waals surface area contributed by atoms with Crippen LogP contribution in [-0.2, 0) is 6.42 Å². The van der Waals surface area contributed by atoms with Gasteiger partial charge in [0.25, 0.3) is 0 Å². The van der Waals surface area contributed by atoms with Gasteiger partial charge in [0.1, 0.15) is 10.7 Å². The quantitative estimate of drug-likeness (QED) is 0.258. The fraction of sp³-hybridized carbons (Fsp3) is 0.143. The molecule has 8 heteroatoms. The van der Waals surface area contributed by atoms with Gasteiger partial charge in [-0.2, -0.15) is 0 Å². The van der Waals surface area contributed by atoms with Crippen LogP contribution >= 0.6 is 22.7 Å². The van der Waals surface area contributed by atoms with Crippen molar-refractivity contribution in [1.82, 2.24) is 9.97 Å². The number of carbonyl (C=O) groups excluding carboxylic acids is 2. The van der Waals surface area contributed by atoms with Gasteiger partial charge < -0.3 is 0 Å². The van der Waals surface area contributed by atoms with Gasteiger partial charge in [-0.25, -0.2) is 14.8 Å². The highest BCUT2D eigenvalue weighted by Crippen LogP contribution is 2.39. The van der Waals surface area contributed by atoms with Crippen LogP contribution in [0.2, 0.25) is 0 Å². The topological polar surface area (TPSA) is 75.2 Å². The predicted octanol–water partition coefficient (Wildman–Crippen LogP) is 7.27. The molecule has 0 aliphatic carbocycles. The molecule has 6 nitrogen and oxygen atoms in total. The summed E-state index contributed by atoms with van der Waals surface area (Å²) in [6, 6.07) is 23.6. The number of amides is 2. The van der Waals surface area contributed by atoms with E-state index in [-0.39, 0.29) is 11.8 Å². The highest BCUT2D eigenvalue weighted by atomic mass is 32.1. The van der Waals surface area contributed by atoms with Crippen LogP contribution in [0.5, 0.6) is 0 Å². The Kier molecular flexibility index (Phi) is 5.83. The van der Waals surface area contributed by atoms with Crippen molar-refractivity contribution < 1.29 is 9.59 Å². The smallest absolute Gasteiger partial charge is 0.294 e. The second-order valence-corrected chi connectivity index (χ2v) is 10.7. The number of aromatic nitrogens is 2. The van der Waals surface area contributed by atoms with Gasteiger partial charge in [-0.05, 0) is 42.2 Å². The fourth-order valence-corrected chi connectivity index (χ4v) is 6.44. The van der Waals surface area contributed by atoms with E-state index in [4.69, 9.17) is 4.98 Å². The summed E-state index contributed by atoms with van der Waals surface area (Å²) in [5.74, 6) is -0.0637. The number of nitrogens with zero attached hydrogens (tertiary/aromatic N) is 3. The number of para-hydroxylation sites is 1. The van der Waals surface area contributed by atoms with Gasteiger partial charge in [0.2, 0.25) is 0 Å². The summed E-state index contributed by atoms with van der Waals surface area (Å²) >= 11 is 2.97. The fourth-order valence-electron chi connectivity index (χ4n) is 4.47. The Morgan fingerprint density at radius 3 is 2.53 bits per heavy atom. The monoisotopic (exact) mass is 510 g/mol. The summed E-state index contributed by atoms with van der Waals surface area (Å²) in [6.07, 6.45) is 1.80. The lowest BCUT2D eigenvalue weighted by atomic mass is 10.00. The van der Waals surface area contributed by atoms with Crippen molar-refractivity contribution in [1.29, 1.82) is 0 Å². The van der Waals surface area contributed by atoms with E-state index in [0.29, 0.717) is 17.4 Å². The molecular formula is C28H22N4O2S2. The van der Waals surface area contributed by atoms with E-state index in [1.54, 1.807) is 11.8 Å². The maximum Gasteiger partial charge on any atom is 0.328 e. The molecule has 0 unspecified atom stereocenters. The number of anilines is 2. The number of urea groups is 1. The number of ketones is 1. The van der Waals surface area contributed by atoms with Gasteiger partial charge in [0.15, 0.2) is 10.9 Å². The van der Waals surface area contributed by atoms with Crippen molar-refractivity contribution in [2.75, 3.05) is 16.8 Å². The highest BCUT2D eigenvalue weighted by Gasteiger charge is 2.25. The van der Waals surface area contributed by atoms with E-state index in [9.17, 15) is 9.59 Å². The summed E-state index contributed by atoms with van der Waals surface area (Å²) in [5.41, 5.74) is 5.21. The summed E-state index contributed by atoms with van der Waals surface area (Å²) < 4.78 is 1.04. The third-order valence-corrected chi connectivity index (χ3v) is 8.31. The van der Waals surface area contributed by atoms with Crippen molar-refractivity contribution >= 4 is 55.5 Å². The zero-order chi connectivity index (χ0) is 24.6. The van der Waals surface area contributed by atoms with E-state index in [1.807, 2.05) is 66.7 Å². The SMILES string of the molecule is CC(=O)c1nc(-c2ccc3c(c2)N(C(=O)Nc2nc4ccccc4s2)CCC3)sc1-c1ccccc1. The van der Waals surface area contributed by atoms with Crippen LogP contribution in [-0.4, -0.2) is 28.3 Å². The zero-order valence-electron chi connectivity index (χ0n) is 19.5. The molecule has 0 saturated heterocycles. The molecule has 2 aromatic heterocycles. The number of carbonyl (C=O) groups is 2. The Labute approximate surface area is 216 Å². The van der Waals surface area contributed by atoms with E-state index in [0.717, 1.165) is 55.3 Å². The summed E-state index contributed by atoms with van der Waals surface area (Å²) in [5, 5.41) is 4.34. The van der Waals surface area contributed by atoms with Crippen LogP contribution in [0.25, 0.3) is 31.2 Å². The van der Waals surface area contributed by atoms with Crippen LogP contribution < -0.4 is 10.2 Å². The summed E-state index contributed by atoms with van der Waals surface area (Å²) in [7, 11) is 0. The molecular weight excluding hydrogens is 488 g/mol. The summed E-state index contributed by atoms with van der Waals surface area (Å²) in [4.78, 5) is 37.6. The van der Waals surface area contributed by atoms with Crippen molar-refractivity contribution in [2.45, 2.75) is 19.8 Å².